The number of methoxy groups -OCH3 is 1. The lowest BCUT2D eigenvalue weighted by molar-refractivity contribution is -0.111. The molecule has 0 aliphatic heterocycles. The molecule has 0 radical (unpaired) electrons. The molecule has 0 heterocycles. The molecule has 176 valence electrons. The predicted molar refractivity (Wildman–Crippen MR) is 140 cm³/mol. The second kappa shape index (κ2) is 12.0. The van der Waals surface area contributed by atoms with Crippen molar-refractivity contribution in [3.05, 3.63) is 100 Å². The summed E-state index contributed by atoms with van der Waals surface area (Å²) in [6.07, 6.45) is 5.95. The van der Waals surface area contributed by atoms with Crippen LogP contribution in [0.3, 0.4) is 0 Å². The molecule has 0 aromatic heterocycles. The Morgan fingerprint density at radius 3 is 2.47 bits per heavy atom. The van der Waals surface area contributed by atoms with Crippen molar-refractivity contribution < 1.29 is 14.3 Å². The highest BCUT2D eigenvalue weighted by molar-refractivity contribution is 6.30. The molecule has 3 N–H and O–H groups in total. The van der Waals surface area contributed by atoms with E-state index in [-0.39, 0.29) is 5.91 Å². The van der Waals surface area contributed by atoms with Crippen molar-refractivity contribution in [3.63, 3.8) is 0 Å². The van der Waals surface area contributed by atoms with Crippen molar-refractivity contribution in [1.82, 2.24) is 0 Å². The Hall–Kier alpha value is -3.70. The van der Waals surface area contributed by atoms with Gasteiger partial charge in [0.15, 0.2) is 0 Å². The quantitative estimate of drug-likeness (QED) is 0.205. The van der Waals surface area contributed by atoms with Crippen LogP contribution in [0, 0.1) is 0 Å². The van der Waals surface area contributed by atoms with Gasteiger partial charge in [-0.2, -0.15) is 0 Å². The minimum Gasteiger partial charge on any atom is -0.496 e. The maximum absolute atomic E-state index is 12.5. The largest absolute Gasteiger partial charge is 0.496 e. The number of hydrogen-bond acceptors (Lipinski definition) is 4. The third-order valence-electron chi connectivity index (χ3n) is 5.11. The molecule has 0 unspecified atom stereocenters. The van der Waals surface area contributed by atoms with E-state index in [0.29, 0.717) is 35.2 Å². The first-order chi connectivity index (χ1) is 16.4. The van der Waals surface area contributed by atoms with Gasteiger partial charge in [-0.1, -0.05) is 47.5 Å². The number of nitrogens with one attached hydrogen (secondary N) is 1. The first-order valence-electron chi connectivity index (χ1n) is 10.9. The molecule has 0 aliphatic rings. The molecule has 3 aromatic rings. The highest BCUT2D eigenvalue weighted by Crippen LogP contribution is 2.35. The Labute approximate surface area is 205 Å². The van der Waals surface area contributed by atoms with Crippen molar-refractivity contribution in [2.45, 2.75) is 26.9 Å². The minimum atomic E-state index is -0.289. The van der Waals surface area contributed by atoms with Crippen molar-refractivity contribution in [2.24, 2.45) is 0 Å². The fourth-order valence-electron chi connectivity index (χ4n) is 3.31. The Balaban J connectivity index is 1.92. The van der Waals surface area contributed by atoms with Gasteiger partial charge in [0.25, 0.3) is 0 Å². The van der Waals surface area contributed by atoms with E-state index < -0.39 is 0 Å². The van der Waals surface area contributed by atoms with E-state index in [0.717, 1.165) is 22.4 Å². The Kier molecular flexibility index (Phi) is 8.77. The number of hydrogen-bond donors (Lipinski definition) is 2. The normalized spacial score (nSPS) is 10.7. The molecule has 0 atom stereocenters. The molecule has 0 aliphatic carbocycles. The summed E-state index contributed by atoms with van der Waals surface area (Å²) in [5.74, 6) is 1.10. The number of amides is 1. The van der Waals surface area contributed by atoms with Crippen LogP contribution in [0.1, 0.15) is 30.5 Å². The maximum Gasteiger partial charge on any atom is 0.248 e. The molecule has 0 saturated carbocycles. The number of nitrogen functional groups attached to an aromatic ring is 1. The first kappa shape index (κ1) is 24.9. The SMILES string of the molecule is COc1ccc(/C=C\C(=O)Nc2ccccc2N)c(OCc2ccc(Cl)cc2)c1CC=C(C)C. The summed E-state index contributed by atoms with van der Waals surface area (Å²) >= 11 is 6.01. The van der Waals surface area contributed by atoms with Crippen LogP contribution in [0.4, 0.5) is 11.4 Å². The predicted octanol–water partition coefficient (Wildman–Crippen LogP) is 6.67. The maximum atomic E-state index is 12.5. The number of carbonyl (C=O) groups is 1. The van der Waals surface area contributed by atoms with Gasteiger partial charge in [-0.15, -0.1) is 0 Å². The summed E-state index contributed by atoms with van der Waals surface area (Å²) in [7, 11) is 1.64. The second-order valence-electron chi connectivity index (χ2n) is 7.98. The van der Waals surface area contributed by atoms with Crippen molar-refractivity contribution in [2.75, 3.05) is 18.2 Å². The summed E-state index contributed by atoms with van der Waals surface area (Å²) in [6, 6.07) is 18.4. The number of ether oxygens (including phenoxy) is 2. The highest BCUT2D eigenvalue weighted by atomic mass is 35.5. The standard InChI is InChI=1S/C28H29ClN2O3/c1-19(2)8-15-23-26(33-3)16-11-21(28(23)34-18-20-9-13-22(29)14-10-20)12-17-27(32)31-25-7-5-4-6-24(25)30/h4-14,16-17H,15,18,30H2,1-3H3,(H,31,32)/b17-12-. The molecule has 0 saturated heterocycles. The summed E-state index contributed by atoms with van der Waals surface area (Å²) in [5, 5.41) is 3.47. The lowest BCUT2D eigenvalue weighted by Gasteiger charge is -2.17. The zero-order valence-corrected chi connectivity index (χ0v) is 20.4. The molecule has 34 heavy (non-hydrogen) atoms. The van der Waals surface area contributed by atoms with Gasteiger partial charge in [0, 0.05) is 22.2 Å². The monoisotopic (exact) mass is 476 g/mol. The van der Waals surface area contributed by atoms with Gasteiger partial charge in [-0.25, -0.2) is 0 Å². The van der Waals surface area contributed by atoms with Gasteiger partial charge in [-0.3, -0.25) is 4.79 Å². The molecular formula is C28H29ClN2O3. The summed E-state index contributed by atoms with van der Waals surface area (Å²) in [6.45, 7) is 4.44. The number of nitrogens with two attached hydrogens (primary N) is 1. The van der Waals surface area contributed by atoms with Crippen LogP contribution in [-0.2, 0) is 17.8 Å². The topological polar surface area (TPSA) is 73.6 Å². The van der Waals surface area contributed by atoms with Crippen LogP contribution in [0.25, 0.3) is 6.08 Å². The second-order valence-corrected chi connectivity index (χ2v) is 8.41. The van der Waals surface area contributed by atoms with Gasteiger partial charge in [0.1, 0.15) is 18.1 Å². The van der Waals surface area contributed by atoms with E-state index in [1.165, 1.54) is 11.6 Å². The number of anilines is 2. The number of para-hydroxylation sites is 2. The zero-order valence-electron chi connectivity index (χ0n) is 19.6. The van der Waals surface area contributed by atoms with E-state index in [9.17, 15) is 4.79 Å². The fourth-order valence-corrected chi connectivity index (χ4v) is 3.43. The number of allylic oxidation sites excluding steroid dienone is 2. The van der Waals surface area contributed by atoms with Crippen LogP contribution in [0.15, 0.2) is 78.4 Å². The van der Waals surface area contributed by atoms with E-state index in [2.05, 4.69) is 11.4 Å². The Morgan fingerprint density at radius 2 is 1.79 bits per heavy atom. The number of rotatable bonds is 9. The van der Waals surface area contributed by atoms with Gasteiger partial charge < -0.3 is 20.5 Å². The molecule has 3 rings (SSSR count). The number of benzene rings is 3. The fraction of sp³-hybridized carbons (Fsp3) is 0.179. The Bertz CT molecular complexity index is 1200. The van der Waals surface area contributed by atoms with Crippen molar-refractivity contribution >= 4 is 35.0 Å². The molecule has 6 heteroatoms. The number of halogens is 1. The average molecular weight is 477 g/mol. The van der Waals surface area contributed by atoms with Crippen molar-refractivity contribution in [3.8, 4) is 11.5 Å². The third-order valence-corrected chi connectivity index (χ3v) is 5.36. The smallest absolute Gasteiger partial charge is 0.248 e. The van der Waals surface area contributed by atoms with E-state index in [1.807, 2.05) is 62.4 Å². The average Bonchev–Trinajstić information content (AvgIpc) is 2.82. The molecule has 3 aromatic carbocycles. The zero-order chi connectivity index (χ0) is 24.5. The van der Waals surface area contributed by atoms with Gasteiger partial charge in [0.2, 0.25) is 5.91 Å². The lowest BCUT2D eigenvalue weighted by atomic mass is 10.0. The first-order valence-corrected chi connectivity index (χ1v) is 11.3. The third kappa shape index (κ3) is 6.90. The minimum absolute atomic E-state index is 0.289. The van der Waals surface area contributed by atoms with Gasteiger partial charge >= 0.3 is 0 Å². The molecule has 0 bridgehead atoms. The Morgan fingerprint density at radius 1 is 1.06 bits per heavy atom. The van der Waals surface area contributed by atoms with E-state index >= 15 is 0 Å². The van der Waals surface area contributed by atoms with E-state index in [1.54, 1.807) is 25.3 Å². The van der Waals surface area contributed by atoms with Gasteiger partial charge in [0.05, 0.1) is 18.5 Å². The molecule has 0 fully saturated rings. The molecular weight excluding hydrogens is 448 g/mol. The van der Waals surface area contributed by atoms with E-state index in [4.69, 9.17) is 26.8 Å². The lowest BCUT2D eigenvalue weighted by Crippen LogP contribution is -2.09. The van der Waals surface area contributed by atoms with Crippen LogP contribution >= 0.6 is 11.6 Å². The molecule has 0 spiro atoms. The summed E-state index contributed by atoms with van der Waals surface area (Å²) in [5.41, 5.74) is 10.8. The molecule has 5 nitrogen and oxygen atoms in total. The van der Waals surface area contributed by atoms with Gasteiger partial charge in [-0.05, 0) is 68.3 Å². The van der Waals surface area contributed by atoms with Crippen molar-refractivity contribution in [1.29, 1.82) is 0 Å². The van der Waals surface area contributed by atoms with Crippen LogP contribution < -0.4 is 20.5 Å². The molecule has 1 amide bonds. The van der Waals surface area contributed by atoms with Crippen LogP contribution in [-0.4, -0.2) is 13.0 Å². The summed E-state index contributed by atoms with van der Waals surface area (Å²) in [4.78, 5) is 12.5. The number of carbonyl (C=O) groups excluding carboxylic acids is 1. The van der Waals surface area contributed by atoms with Crippen LogP contribution in [0.5, 0.6) is 11.5 Å². The summed E-state index contributed by atoms with van der Waals surface area (Å²) < 4.78 is 11.9. The van der Waals surface area contributed by atoms with Crippen LogP contribution in [0.2, 0.25) is 5.02 Å². The highest BCUT2D eigenvalue weighted by Gasteiger charge is 2.15.